The predicted octanol–water partition coefficient (Wildman–Crippen LogP) is 4.33. The van der Waals surface area contributed by atoms with Crippen LogP contribution in [-0.4, -0.2) is 23.7 Å². The summed E-state index contributed by atoms with van der Waals surface area (Å²) in [7, 11) is 0. The number of benzene rings is 2. The van der Waals surface area contributed by atoms with E-state index in [4.69, 9.17) is 4.74 Å². The third-order valence-corrected chi connectivity index (χ3v) is 3.59. The Morgan fingerprint density at radius 2 is 1.71 bits per heavy atom. The molecular weight excluding hydrogens is 306 g/mol. The Labute approximate surface area is 141 Å². The maximum absolute atomic E-state index is 12.5. The zero-order valence-electron chi connectivity index (χ0n) is 13.6. The van der Waals surface area contributed by atoms with E-state index in [0.29, 0.717) is 12.2 Å². The summed E-state index contributed by atoms with van der Waals surface area (Å²) in [4.78, 5) is 25.3. The fraction of sp³-hybridized carbons (Fsp3) is 0.263. The summed E-state index contributed by atoms with van der Waals surface area (Å²) < 4.78 is 5.37. The molecule has 0 fully saturated rings. The molecule has 0 aliphatic rings. The lowest BCUT2D eigenvalue weighted by Gasteiger charge is -2.23. The molecule has 5 nitrogen and oxygen atoms in total. The van der Waals surface area contributed by atoms with Gasteiger partial charge in [0.2, 0.25) is 0 Å². The van der Waals surface area contributed by atoms with Crippen molar-refractivity contribution in [1.82, 2.24) is 0 Å². The van der Waals surface area contributed by atoms with Gasteiger partial charge in [0.25, 0.3) is 0 Å². The summed E-state index contributed by atoms with van der Waals surface area (Å²) in [5, 5.41) is 9.35. The highest BCUT2D eigenvalue weighted by Crippen LogP contribution is 2.22. The SMILES string of the molecule is CCCCN(C(=O)OCc1ccccc1)c1ccccc1C(=O)O. The molecule has 0 heterocycles. The van der Waals surface area contributed by atoms with Gasteiger partial charge in [-0.15, -0.1) is 0 Å². The zero-order valence-corrected chi connectivity index (χ0v) is 13.6. The van der Waals surface area contributed by atoms with Crippen LogP contribution in [0.4, 0.5) is 10.5 Å². The van der Waals surface area contributed by atoms with Crippen LogP contribution in [0.2, 0.25) is 0 Å². The molecule has 2 aromatic rings. The maximum Gasteiger partial charge on any atom is 0.414 e. The summed E-state index contributed by atoms with van der Waals surface area (Å²) >= 11 is 0. The molecular formula is C19H21NO4. The Kier molecular flexibility index (Phi) is 6.37. The molecule has 5 heteroatoms. The van der Waals surface area contributed by atoms with E-state index in [1.165, 1.54) is 11.0 Å². The summed E-state index contributed by atoms with van der Waals surface area (Å²) in [5.74, 6) is -1.07. The summed E-state index contributed by atoms with van der Waals surface area (Å²) in [6, 6.07) is 15.8. The molecule has 2 rings (SSSR count). The number of ether oxygens (including phenoxy) is 1. The fourth-order valence-electron chi connectivity index (χ4n) is 2.31. The number of hydrogen-bond donors (Lipinski definition) is 1. The number of carboxylic acids is 1. The van der Waals surface area contributed by atoms with Gasteiger partial charge in [0, 0.05) is 6.54 Å². The van der Waals surface area contributed by atoms with Gasteiger partial charge in [-0.3, -0.25) is 4.90 Å². The van der Waals surface area contributed by atoms with E-state index in [9.17, 15) is 14.7 Å². The van der Waals surface area contributed by atoms with Crippen molar-refractivity contribution in [1.29, 1.82) is 0 Å². The summed E-state index contributed by atoms with van der Waals surface area (Å²) in [6.07, 6.45) is 1.10. The van der Waals surface area contributed by atoms with Crippen molar-refractivity contribution in [2.75, 3.05) is 11.4 Å². The van der Waals surface area contributed by atoms with Crippen LogP contribution in [0.1, 0.15) is 35.7 Å². The lowest BCUT2D eigenvalue weighted by Crippen LogP contribution is -2.33. The van der Waals surface area contributed by atoms with Crippen molar-refractivity contribution < 1.29 is 19.4 Å². The minimum atomic E-state index is -1.07. The number of rotatable bonds is 7. The number of carboxylic acid groups (broad SMARTS) is 1. The van der Waals surface area contributed by atoms with Crippen LogP contribution < -0.4 is 4.90 Å². The summed E-state index contributed by atoms with van der Waals surface area (Å²) in [5.41, 5.74) is 1.33. The standard InChI is InChI=1S/C19H21NO4/c1-2-3-13-20(17-12-8-7-11-16(17)18(21)22)19(23)24-14-15-9-5-4-6-10-15/h4-12H,2-3,13-14H2,1H3,(H,21,22). The Hall–Kier alpha value is -2.82. The van der Waals surface area contributed by atoms with E-state index >= 15 is 0 Å². The van der Waals surface area contributed by atoms with Crippen molar-refractivity contribution in [3.8, 4) is 0 Å². The van der Waals surface area contributed by atoms with Crippen molar-refractivity contribution in [3.05, 3.63) is 65.7 Å². The number of aromatic carboxylic acids is 1. The third kappa shape index (κ3) is 4.59. The average Bonchev–Trinajstić information content (AvgIpc) is 2.61. The number of para-hydroxylation sites is 1. The highest BCUT2D eigenvalue weighted by molar-refractivity contribution is 5.99. The Morgan fingerprint density at radius 1 is 1.04 bits per heavy atom. The molecule has 1 amide bonds. The third-order valence-electron chi connectivity index (χ3n) is 3.59. The molecule has 0 saturated heterocycles. The predicted molar refractivity (Wildman–Crippen MR) is 92.3 cm³/mol. The van der Waals surface area contributed by atoms with Crippen LogP contribution in [0.3, 0.4) is 0 Å². The molecule has 0 atom stereocenters. The number of unbranched alkanes of at least 4 members (excludes halogenated alkanes) is 1. The van der Waals surface area contributed by atoms with Crippen molar-refractivity contribution in [2.45, 2.75) is 26.4 Å². The molecule has 0 aliphatic heterocycles. The Balaban J connectivity index is 2.18. The molecule has 1 N–H and O–H groups in total. The second-order valence-corrected chi connectivity index (χ2v) is 5.37. The first-order chi connectivity index (χ1) is 11.6. The van der Waals surface area contributed by atoms with Gasteiger partial charge in [-0.1, -0.05) is 55.8 Å². The lowest BCUT2D eigenvalue weighted by atomic mass is 10.1. The van der Waals surface area contributed by atoms with Crippen LogP contribution in [0.5, 0.6) is 0 Å². The van der Waals surface area contributed by atoms with Gasteiger partial charge >= 0.3 is 12.1 Å². The normalized spacial score (nSPS) is 10.2. The molecule has 0 bridgehead atoms. The molecule has 0 aromatic heterocycles. The molecule has 0 aliphatic carbocycles. The van der Waals surface area contributed by atoms with Gasteiger partial charge in [0.1, 0.15) is 6.61 Å². The highest BCUT2D eigenvalue weighted by Gasteiger charge is 2.22. The zero-order chi connectivity index (χ0) is 17.4. The minimum Gasteiger partial charge on any atom is -0.478 e. The maximum atomic E-state index is 12.5. The van der Waals surface area contributed by atoms with Crippen molar-refractivity contribution >= 4 is 17.7 Å². The van der Waals surface area contributed by atoms with E-state index in [2.05, 4.69) is 0 Å². The quantitative estimate of drug-likeness (QED) is 0.822. The Bertz CT molecular complexity index is 685. The fourth-order valence-corrected chi connectivity index (χ4v) is 2.31. The van der Waals surface area contributed by atoms with Gasteiger partial charge in [-0.25, -0.2) is 9.59 Å². The molecule has 0 radical (unpaired) electrons. The second kappa shape index (κ2) is 8.72. The lowest BCUT2D eigenvalue weighted by molar-refractivity contribution is 0.0697. The average molecular weight is 327 g/mol. The first-order valence-electron chi connectivity index (χ1n) is 7.94. The molecule has 126 valence electrons. The molecule has 2 aromatic carbocycles. The number of carbonyl (C=O) groups excluding carboxylic acids is 1. The van der Waals surface area contributed by atoms with Crippen molar-refractivity contribution in [3.63, 3.8) is 0 Å². The monoisotopic (exact) mass is 327 g/mol. The number of anilines is 1. The van der Waals surface area contributed by atoms with Crippen LogP contribution in [0, 0.1) is 0 Å². The minimum absolute atomic E-state index is 0.0882. The number of carbonyl (C=O) groups is 2. The Morgan fingerprint density at radius 3 is 2.38 bits per heavy atom. The smallest absolute Gasteiger partial charge is 0.414 e. The largest absolute Gasteiger partial charge is 0.478 e. The molecule has 0 spiro atoms. The van der Waals surface area contributed by atoms with Gasteiger partial charge in [-0.2, -0.15) is 0 Å². The molecule has 0 unspecified atom stereocenters. The van der Waals surface area contributed by atoms with Crippen LogP contribution in [-0.2, 0) is 11.3 Å². The van der Waals surface area contributed by atoms with Crippen LogP contribution >= 0.6 is 0 Å². The van der Waals surface area contributed by atoms with Crippen LogP contribution in [0.15, 0.2) is 54.6 Å². The highest BCUT2D eigenvalue weighted by atomic mass is 16.6. The summed E-state index contributed by atoms with van der Waals surface area (Å²) in [6.45, 7) is 2.57. The van der Waals surface area contributed by atoms with E-state index < -0.39 is 12.1 Å². The van der Waals surface area contributed by atoms with Gasteiger partial charge in [0.15, 0.2) is 0 Å². The van der Waals surface area contributed by atoms with Gasteiger partial charge < -0.3 is 9.84 Å². The van der Waals surface area contributed by atoms with E-state index in [0.717, 1.165) is 18.4 Å². The second-order valence-electron chi connectivity index (χ2n) is 5.37. The van der Waals surface area contributed by atoms with Gasteiger partial charge in [-0.05, 0) is 24.1 Å². The first-order valence-corrected chi connectivity index (χ1v) is 7.94. The van der Waals surface area contributed by atoms with E-state index in [1.54, 1.807) is 18.2 Å². The topological polar surface area (TPSA) is 66.8 Å². The van der Waals surface area contributed by atoms with Crippen molar-refractivity contribution in [2.24, 2.45) is 0 Å². The van der Waals surface area contributed by atoms with E-state index in [-0.39, 0.29) is 12.2 Å². The van der Waals surface area contributed by atoms with Gasteiger partial charge in [0.05, 0.1) is 11.3 Å². The number of nitrogens with zero attached hydrogens (tertiary/aromatic N) is 1. The number of hydrogen-bond acceptors (Lipinski definition) is 3. The molecule has 24 heavy (non-hydrogen) atoms. The molecule has 0 saturated carbocycles. The number of amides is 1. The first kappa shape index (κ1) is 17.5. The van der Waals surface area contributed by atoms with E-state index in [1.807, 2.05) is 37.3 Å². The van der Waals surface area contributed by atoms with Crippen LogP contribution in [0.25, 0.3) is 0 Å².